The third-order valence-corrected chi connectivity index (χ3v) is 6.23. The highest BCUT2D eigenvalue weighted by Gasteiger charge is 2.61. The first-order valence-corrected chi connectivity index (χ1v) is 7.53. The van der Waals surface area contributed by atoms with Gasteiger partial charge < -0.3 is 9.22 Å². The van der Waals surface area contributed by atoms with Gasteiger partial charge >= 0.3 is 0 Å². The van der Waals surface area contributed by atoms with Crippen LogP contribution in [-0.2, 0) is 4.74 Å². The quantitative estimate of drug-likeness (QED) is 0.565. The van der Waals surface area contributed by atoms with E-state index in [2.05, 4.69) is 40.9 Å². The van der Waals surface area contributed by atoms with E-state index in [0.29, 0.717) is 23.5 Å². The van der Waals surface area contributed by atoms with Crippen LogP contribution < -0.4 is 0 Å². The molecule has 3 unspecified atom stereocenters. The van der Waals surface area contributed by atoms with Crippen LogP contribution in [0.3, 0.4) is 0 Å². The predicted octanol–water partition coefficient (Wildman–Crippen LogP) is 2.82. The molecule has 108 valence electrons. The smallest absolute Gasteiger partial charge is 0.166 e. The Morgan fingerprint density at radius 3 is 2.47 bits per heavy atom. The highest BCUT2D eigenvalue weighted by Crippen LogP contribution is 2.66. The minimum atomic E-state index is 0.351. The zero-order chi connectivity index (χ0) is 14.3. The highest BCUT2D eigenvalue weighted by atomic mass is 16.5. The zero-order valence-corrected chi connectivity index (χ0v) is 13.2. The largest absolute Gasteiger partial charge is 0.372 e. The molecule has 0 radical (unpaired) electrons. The van der Waals surface area contributed by atoms with Gasteiger partial charge in [-0.1, -0.05) is 20.8 Å². The molecule has 3 nitrogen and oxygen atoms in total. The van der Waals surface area contributed by atoms with Gasteiger partial charge in [-0.15, -0.1) is 0 Å². The van der Waals surface area contributed by atoms with Crippen molar-refractivity contribution in [1.29, 1.82) is 5.26 Å². The first-order valence-electron chi connectivity index (χ1n) is 7.53. The van der Waals surface area contributed by atoms with E-state index in [1.54, 1.807) is 0 Å². The number of rotatable bonds is 5. The Balaban J connectivity index is 1.88. The summed E-state index contributed by atoms with van der Waals surface area (Å²) in [6.45, 7) is 9.51. The third kappa shape index (κ3) is 2.41. The fourth-order valence-electron chi connectivity index (χ4n) is 4.09. The lowest BCUT2D eigenvalue weighted by Gasteiger charge is -2.39. The second-order valence-corrected chi connectivity index (χ2v) is 7.95. The molecule has 0 saturated heterocycles. The Morgan fingerprint density at radius 1 is 1.32 bits per heavy atom. The topological polar surface area (TPSA) is 33.0 Å². The Labute approximate surface area is 118 Å². The monoisotopic (exact) mass is 265 g/mol. The van der Waals surface area contributed by atoms with Gasteiger partial charge in [0.25, 0.3) is 0 Å². The third-order valence-electron chi connectivity index (χ3n) is 6.23. The molecule has 2 aliphatic carbocycles. The van der Waals surface area contributed by atoms with E-state index in [1.165, 1.54) is 19.3 Å². The molecule has 2 fully saturated rings. The van der Waals surface area contributed by atoms with E-state index in [-0.39, 0.29) is 0 Å². The number of ether oxygens (including phenoxy) is 1. The number of hydrogen-bond acceptors (Lipinski definition) is 2. The van der Waals surface area contributed by atoms with Gasteiger partial charge in [0.1, 0.15) is 12.6 Å². The molecule has 0 aromatic carbocycles. The molecule has 3 heteroatoms. The molecule has 0 N–H and O–H groups in total. The molecule has 2 aliphatic rings. The van der Waals surface area contributed by atoms with Crippen LogP contribution in [-0.4, -0.2) is 44.4 Å². The molecular formula is C16H29N2O+. The van der Waals surface area contributed by atoms with Gasteiger partial charge in [0.15, 0.2) is 6.54 Å². The van der Waals surface area contributed by atoms with Gasteiger partial charge in [-0.25, -0.2) is 0 Å². The molecule has 0 aromatic rings. The summed E-state index contributed by atoms with van der Waals surface area (Å²) in [7, 11) is 4.19. The van der Waals surface area contributed by atoms with Crippen molar-refractivity contribution >= 4 is 0 Å². The first kappa shape index (κ1) is 14.8. The number of nitriles is 1. The van der Waals surface area contributed by atoms with Crippen molar-refractivity contribution in [3.63, 3.8) is 0 Å². The van der Waals surface area contributed by atoms with Crippen LogP contribution in [0.4, 0.5) is 0 Å². The van der Waals surface area contributed by atoms with Crippen molar-refractivity contribution in [3.8, 4) is 6.07 Å². The van der Waals surface area contributed by atoms with Crippen molar-refractivity contribution in [3.05, 3.63) is 0 Å². The summed E-state index contributed by atoms with van der Waals surface area (Å²) in [6.07, 6.45) is 4.34. The van der Waals surface area contributed by atoms with Crippen LogP contribution in [0.1, 0.15) is 40.0 Å². The maximum absolute atomic E-state index is 8.80. The Bertz CT molecular complexity index is 383. The normalized spacial score (nSPS) is 36.4. The molecule has 3 atom stereocenters. The predicted molar refractivity (Wildman–Crippen MR) is 76.4 cm³/mol. The van der Waals surface area contributed by atoms with Crippen LogP contribution in [0.2, 0.25) is 0 Å². The Kier molecular flexibility index (Phi) is 3.70. The van der Waals surface area contributed by atoms with E-state index in [4.69, 9.17) is 10.00 Å². The zero-order valence-electron chi connectivity index (χ0n) is 13.2. The highest BCUT2D eigenvalue weighted by molar-refractivity contribution is 5.11. The van der Waals surface area contributed by atoms with E-state index in [0.717, 1.165) is 23.6 Å². The fraction of sp³-hybridized carbons (Fsp3) is 0.938. The van der Waals surface area contributed by atoms with Crippen molar-refractivity contribution in [2.24, 2.45) is 16.7 Å². The Morgan fingerprint density at radius 2 is 2.00 bits per heavy atom. The molecule has 0 amide bonds. The van der Waals surface area contributed by atoms with Crippen molar-refractivity contribution in [1.82, 2.24) is 0 Å². The number of likely N-dealkylation sites (N-methyl/N-ethyl adjacent to an activating group) is 1. The lowest BCUT2D eigenvalue weighted by atomic mass is 9.70. The summed E-state index contributed by atoms with van der Waals surface area (Å²) in [5, 5.41) is 8.80. The minimum absolute atomic E-state index is 0.351. The van der Waals surface area contributed by atoms with E-state index >= 15 is 0 Å². The lowest BCUT2D eigenvalue weighted by molar-refractivity contribution is -0.883. The van der Waals surface area contributed by atoms with E-state index in [1.807, 2.05) is 0 Å². The van der Waals surface area contributed by atoms with Crippen LogP contribution in [0.15, 0.2) is 0 Å². The van der Waals surface area contributed by atoms with Gasteiger partial charge in [-0.05, 0) is 36.0 Å². The number of quaternary nitrogens is 1. The molecular weight excluding hydrogens is 236 g/mol. The van der Waals surface area contributed by atoms with Gasteiger partial charge in [0.05, 0.1) is 26.8 Å². The number of hydrogen-bond donors (Lipinski definition) is 0. The van der Waals surface area contributed by atoms with Crippen LogP contribution in [0.25, 0.3) is 0 Å². The molecule has 0 aliphatic heterocycles. The molecule has 0 aromatic heterocycles. The number of fused-ring (bicyclic) bond motifs is 2. The second-order valence-electron chi connectivity index (χ2n) is 7.95. The summed E-state index contributed by atoms with van der Waals surface area (Å²) < 4.78 is 6.96. The maximum atomic E-state index is 8.80. The molecule has 19 heavy (non-hydrogen) atoms. The van der Waals surface area contributed by atoms with Crippen LogP contribution >= 0.6 is 0 Å². The van der Waals surface area contributed by atoms with Crippen LogP contribution in [0.5, 0.6) is 0 Å². The molecule has 2 bridgehead atoms. The lowest BCUT2D eigenvalue weighted by Crippen LogP contribution is -2.44. The second kappa shape index (κ2) is 4.75. The van der Waals surface area contributed by atoms with Crippen molar-refractivity contribution in [2.75, 3.05) is 33.8 Å². The summed E-state index contributed by atoms with van der Waals surface area (Å²) in [6, 6.07) is 2.25. The molecule has 2 saturated carbocycles. The van der Waals surface area contributed by atoms with Gasteiger partial charge in [-0.3, -0.25) is 0 Å². The average molecular weight is 265 g/mol. The maximum Gasteiger partial charge on any atom is 0.166 e. The van der Waals surface area contributed by atoms with E-state index < -0.39 is 0 Å². The summed E-state index contributed by atoms with van der Waals surface area (Å²) in [5.74, 6) is 0.837. The van der Waals surface area contributed by atoms with Crippen LogP contribution in [0, 0.1) is 28.1 Å². The SMILES string of the molecule is CC1(C)C2CCC1(C)C(OCC[N+](C)(C)CC#N)C2. The molecule has 0 spiro atoms. The first-order chi connectivity index (χ1) is 8.73. The standard InChI is InChI=1S/C16H29N2O/c1-15(2)13-6-7-16(15,3)14(12-13)19-11-10-18(4,5)9-8-17/h13-14H,6-7,9-12H2,1-5H3/q+1. The fourth-order valence-corrected chi connectivity index (χ4v) is 4.09. The number of nitrogens with zero attached hydrogens (tertiary/aromatic N) is 2. The molecule has 2 rings (SSSR count). The van der Waals surface area contributed by atoms with E-state index in [9.17, 15) is 0 Å². The Hall–Kier alpha value is -0.590. The minimum Gasteiger partial charge on any atom is -0.372 e. The van der Waals surface area contributed by atoms with Gasteiger partial charge in [0.2, 0.25) is 0 Å². The van der Waals surface area contributed by atoms with Gasteiger partial charge in [0, 0.05) is 0 Å². The summed E-state index contributed by atoms with van der Waals surface area (Å²) in [4.78, 5) is 0. The summed E-state index contributed by atoms with van der Waals surface area (Å²) in [5.41, 5.74) is 0.777. The van der Waals surface area contributed by atoms with Crippen molar-refractivity contribution in [2.45, 2.75) is 46.1 Å². The molecule has 0 heterocycles. The average Bonchev–Trinajstić information content (AvgIpc) is 2.61. The van der Waals surface area contributed by atoms with Crippen molar-refractivity contribution < 1.29 is 9.22 Å². The summed E-state index contributed by atoms with van der Waals surface area (Å²) >= 11 is 0. The van der Waals surface area contributed by atoms with Gasteiger partial charge in [-0.2, -0.15) is 5.26 Å².